The smallest absolute Gasteiger partial charge is 0.166 e. The minimum Gasteiger partial charge on any atom is -0.331 e. The van der Waals surface area contributed by atoms with Crippen LogP contribution in [0.15, 0.2) is 18.2 Å². The van der Waals surface area contributed by atoms with E-state index in [4.69, 9.17) is 0 Å². The number of hydrogen-bond donors (Lipinski definition) is 0. The van der Waals surface area contributed by atoms with Gasteiger partial charge >= 0.3 is 0 Å². The summed E-state index contributed by atoms with van der Waals surface area (Å²) in [7, 11) is 2.00. The van der Waals surface area contributed by atoms with Crippen molar-refractivity contribution in [1.29, 1.82) is 0 Å². The quantitative estimate of drug-likeness (QED) is 0.758. The van der Waals surface area contributed by atoms with E-state index in [1.807, 2.05) is 32.2 Å². The number of rotatable bonds is 2. The molecule has 2 aromatic rings. The van der Waals surface area contributed by atoms with Crippen LogP contribution in [0.5, 0.6) is 0 Å². The number of aryl methyl sites for hydroxylation is 2. The highest BCUT2D eigenvalue weighted by Gasteiger charge is 2.24. The lowest BCUT2D eigenvalue weighted by Crippen LogP contribution is -2.10. The predicted octanol–water partition coefficient (Wildman–Crippen LogP) is 3.25. The Morgan fingerprint density at radius 3 is 2.78 bits per heavy atom. The van der Waals surface area contributed by atoms with Crippen molar-refractivity contribution in [3.05, 3.63) is 29.6 Å². The molecule has 0 spiro atoms. The van der Waals surface area contributed by atoms with Crippen LogP contribution in [0.25, 0.3) is 11.0 Å². The fourth-order valence-corrected chi connectivity index (χ4v) is 2.90. The van der Waals surface area contributed by atoms with E-state index in [1.54, 1.807) is 0 Å². The van der Waals surface area contributed by atoms with Gasteiger partial charge < -0.3 is 4.57 Å². The van der Waals surface area contributed by atoms with E-state index >= 15 is 0 Å². The topological polar surface area (TPSA) is 34.9 Å². The third kappa shape index (κ3) is 1.74. The van der Waals surface area contributed by atoms with Crippen LogP contribution in [0.2, 0.25) is 0 Å². The molecule has 1 aliphatic rings. The first-order valence-corrected chi connectivity index (χ1v) is 6.64. The second kappa shape index (κ2) is 4.23. The molecule has 1 saturated carbocycles. The molecule has 0 aliphatic heterocycles. The van der Waals surface area contributed by atoms with Crippen LogP contribution in [0.1, 0.15) is 41.9 Å². The Bertz CT molecular complexity index is 606. The molecule has 18 heavy (non-hydrogen) atoms. The van der Waals surface area contributed by atoms with E-state index in [9.17, 15) is 4.79 Å². The molecule has 0 bridgehead atoms. The number of carbonyl (C=O) groups is 1. The standard InChI is InChI=1S/C15H18N2O/c1-10-16-13-9-12(7-8-14(13)17(10)2)15(18)11-5-3-4-6-11/h7-9,11H,3-6H2,1-2H3. The Kier molecular flexibility index (Phi) is 2.69. The molecule has 1 fully saturated rings. The summed E-state index contributed by atoms with van der Waals surface area (Å²) in [5.41, 5.74) is 2.85. The van der Waals surface area contributed by atoms with Crippen LogP contribution < -0.4 is 0 Å². The Hall–Kier alpha value is -1.64. The van der Waals surface area contributed by atoms with Crippen LogP contribution in [0, 0.1) is 12.8 Å². The molecule has 0 radical (unpaired) electrons. The molecule has 0 saturated heterocycles. The van der Waals surface area contributed by atoms with Crippen molar-refractivity contribution < 1.29 is 4.79 Å². The van der Waals surface area contributed by atoms with E-state index in [1.165, 1.54) is 12.8 Å². The van der Waals surface area contributed by atoms with Gasteiger partial charge in [-0.25, -0.2) is 4.98 Å². The highest BCUT2D eigenvalue weighted by Crippen LogP contribution is 2.29. The van der Waals surface area contributed by atoms with Gasteiger partial charge in [-0.15, -0.1) is 0 Å². The Balaban J connectivity index is 2.00. The number of fused-ring (bicyclic) bond motifs is 1. The van der Waals surface area contributed by atoms with E-state index in [-0.39, 0.29) is 5.92 Å². The second-order valence-corrected chi connectivity index (χ2v) is 5.27. The highest BCUT2D eigenvalue weighted by molar-refractivity contribution is 6.00. The fourth-order valence-electron chi connectivity index (χ4n) is 2.90. The second-order valence-electron chi connectivity index (χ2n) is 5.27. The Labute approximate surface area is 107 Å². The zero-order chi connectivity index (χ0) is 12.7. The average Bonchev–Trinajstić information content (AvgIpc) is 2.98. The van der Waals surface area contributed by atoms with Crippen molar-refractivity contribution in [3.63, 3.8) is 0 Å². The van der Waals surface area contributed by atoms with Gasteiger partial charge in [0.15, 0.2) is 5.78 Å². The molecule has 0 amide bonds. The van der Waals surface area contributed by atoms with E-state index in [2.05, 4.69) is 9.55 Å². The molecule has 1 aromatic carbocycles. The molecule has 1 aromatic heterocycles. The zero-order valence-corrected chi connectivity index (χ0v) is 10.9. The van der Waals surface area contributed by atoms with E-state index in [0.717, 1.165) is 35.3 Å². The molecule has 0 atom stereocenters. The Morgan fingerprint density at radius 2 is 2.06 bits per heavy atom. The average molecular weight is 242 g/mol. The predicted molar refractivity (Wildman–Crippen MR) is 71.7 cm³/mol. The molecule has 3 rings (SSSR count). The van der Waals surface area contributed by atoms with Crippen molar-refractivity contribution in [2.75, 3.05) is 0 Å². The van der Waals surface area contributed by atoms with Crippen LogP contribution in [0.4, 0.5) is 0 Å². The number of carbonyl (C=O) groups excluding carboxylic acids is 1. The summed E-state index contributed by atoms with van der Waals surface area (Å²) in [6.07, 6.45) is 4.50. The lowest BCUT2D eigenvalue weighted by molar-refractivity contribution is 0.0923. The van der Waals surface area contributed by atoms with Gasteiger partial charge in [0, 0.05) is 18.5 Å². The maximum atomic E-state index is 12.3. The molecular weight excluding hydrogens is 224 g/mol. The SMILES string of the molecule is Cc1nc2cc(C(=O)C3CCCC3)ccc2n1C. The first-order chi connectivity index (χ1) is 8.66. The molecule has 3 nitrogen and oxygen atoms in total. The van der Waals surface area contributed by atoms with Crippen LogP contribution in [0.3, 0.4) is 0 Å². The summed E-state index contributed by atoms with van der Waals surface area (Å²) >= 11 is 0. The number of aromatic nitrogens is 2. The summed E-state index contributed by atoms with van der Waals surface area (Å²) in [6.45, 7) is 1.98. The summed E-state index contributed by atoms with van der Waals surface area (Å²) < 4.78 is 2.05. The summed E-state index contributed by atoms with van der Waals surface area (Å²) in [5, 5.41) is 0. The maximum absolute atomic E-state index is 12.3. The molecule has 94 valence electrons. The number of imidazole rings is 1. The third-order valence-corrected chi connectivity index (χ3v) is 4.11. The number of hydrogen-bond acceptors (Lipinski definition) is 2. The summed E-state index contributed by atoms with van der Waals surface area (Å²) in [5.74, 6) is 1.53. The monoisotopic (exact) mass is 242 g/mol. The van der Waals surface area contributed by atoms with Gasteiger partial charge in [0.2, 0.25) is 0 Å². The van der Waals surface area contributed by atoms with Crippen LogP contribution in [-0.4, -0.2) is 15.3 Å². The maximum Gasteiger partial charge on any atom is 0.166 e. The lowest BCUT2D eigenvalue weighted by atomic mass is 9.96. The largest absolute Gasteiger partial charge is 0.331 e. The van der Waals surface area contributed by atoms with Gasteiger partial charge in [0.05, 0.1) is 11.0 Å². The third-order valence-electron chi connectivity index (χ3n) is 4.11. The number of benzene rings is 1. The minimum absolute atomic E-state index is 0.243. The minimum atomic E-state index is 0.243. The van der Waals surface area contributed by atoms with Crippen molar-refractivity contribution in [3.8, 4) is 0 Å². The van der Waals surface area contributed by atoms with Gasteiger partial charge in [0.25, 0.3) is 0 Å². The summed E-state index contributed by atoms with van der Waals surface area (Å²) in [4.78, 5) is 16.8. The normalized spacial score (nSPS) is 16.6. The Morgan fingerprint density at radius 1 is 1.33 bits per heavy atom. The number of Topliss-reactive ketones (excluding diaryl/α,β-unsaturated/α-hetero) is 1. The lowest BCUT2D eigenvalue weighted by Gasteiger charge is -2.07. The highest BCUT2D eigenvalue weighted by atomic mass is 16.1. The van der Waals surface area contributed by atoms with Crippen molar-refractivity contribution in [2.45, 2.75) is 32.6 Å². The van der Waals surface area contributed by atoms with Gasteiger partial charge in [0.1, 0.15) is 5.82 Å². The number of nitrogens with zero attached hydrogens (tertiary/aromatic N) is 2. The van der Waals surface area contributed by atoms with E-state index < -0.39 is 0 Å². The van der Waals surface area contributed by atoms with Crippen LogP contribution in [-0.2, 0) is 7.05 Å². The number of ketones is 1. The van der Waals surface area contributed by atoms with Crippen molar-refractivity contribution in [1.82, 2.24) is 9.55 Å². The zero-order valence-electron chi connectivity index (χ0n) is 10.9. The van der Waals surface area contributed by atoms with Gasteiger partial charge in [-0.2, -0.15) is 0 Å². The molecule has 1 aliphatic carbocycles. The molecule has 0 N–H and O–H groups in total. The molecular formula is C15H18N2O. The van der Waals surface area contributed by atoms with Crippen molar-refractivity contribution in [2.24, 2.45) is 13.0 Å². The first-order valence-electron chi connectivity index (χ1n) is 6.64. The van der Waals surface area contributed by atoms with Crippen LogP contribution >= 0.6 is 0 Å². The van der Waals surface area contributed by atoms with Gasteiger partial charge in [-0.05, 0) is 38.0 Å². The van der Waals surface area contributed by atoms with E-state index in [0.29, 0.717) is 5.78 Å². The molecule has 1 heterocycles. The van der Waals surface area contributed by atoms with Gasteiger partial charge in [-0.1, -0.05) is 12.8 Å². The first kappa shape index (κ1) is 11.5. The van der Waals surface area contributed by atoms with Crippen molar-refractivity contribution >= 4 is 16.8 Å². The molecule has 0 unspecified atom stereocenters. The fraction of sp³-hybridized carbons (Fsp3) is 0.467. The molecule has 3 heteroatoms. The van der Waals surface area contributed by atoms with Gasteiger partial charge in [-0.3, -0.25) is 4.79 Å². The summed E-state index contributed by atoms with van der Waals surface area (Å²) in [6, 6.07) is 5.91.